The van der Waals surface area contributed by atoms with E-state index in [9.17, 15) is 9.90 Å². The highest BCUT2D eigenvalue weighted by atomic mass is 35.5. The van der Waals surface area contributed by atoms with Crippen LogP contribution in [0.2, 0.25) is 5.02 Å². The second-order valence-corrected chi connectivity index (χ2v) is 6.40. The first kappa shape index (κ1) is 15.1. The van der Waals surface area contributed by atoms with Gasteiger partial charge in [0, 0.05) is 11.6 Å². The van der Waals surface area contributed by atoms with Gasteiger partial charge in [0.1, 0.15) is 0 Å². The third-order valence-corrected chi connectivity index (χ3v) is 4.35. The zero-order chi connectivity index (χ0) is 14.8. The lowest BCUT2D eigenvalue weighted by Gasteiger charge is -2.38. The molecule has 4 nitrogen and oxygen atoms in total. The molecule has 0 aromatic heterocycles. The van der Waals surface area contributed by atoms with Crippen molar-refractivity contribution < 1.29 is 9.90 Å². The molecule has 1 saturated heterocycles. The van der Waals surface area contributed by atoms with Crippen molar-refractivity contribution in [2.45, 2.75) is 19.8 Å². The number of piperidine rings is 1. The van der Waals surface area contributed by atoms with Crippen LogP contribution in [0, 0.1) is 5.41 Å². The van der Waals surface area contributed by atoms with Crippen molar-refractivity contribution in [2.24, 2.45) is 5.41 Å². The van der Waals surface area contributed by atoms with Gasteiger partial charge in [-0.15, -0.1) is 0 Å². The number of benzene rings is 1. The van der Waals surface area contributed by atoms with E-state index in [-0.39, 0.29) is 11.0 Å². The molecule has 1 aromatic rings. The molecule has 0 bridgehead atoms. The summed E-state index contributed by atoms with van der Waals surface area (Å²) in [6.07, 6.45) is 2.22. The Labute approximate surface area is 124 Å². The number of anilines is 1. The van der Waals surface area contributed by atoms with Crippen molar-refractivity contribution in [1.82, 2.24) is 4.90 Å². The van der Waals surface area contributed by atoms with Gasteiger partial charge in [-0.2, -0.15) is 0 Å². The third-order valence-electron chi connectivity index (χ3n) is 4.11. The molecule has 0 radical (unpaired) electrons. The fraction of sp³-hybridized carbons (Fsp3) is 0.533. The van der Waals surface area contributed by atoms with Crippen LogP contribution in [-0.2, 0) is 0 Å². The molecular weight excluding hydrogens is 276 g/mol. The average molecular weight is 297 g/mol. The van der Waals surface area contributed by atoms with E-state index in [1.807, 2.05) is 0 Å². The van der Waals surface area contributed by atoms with Gasteiger partial charge >= 0.3 is 5.97 Å². The van der Waals surface area contributed by atoms with Crippen molar-refractivity contribution >= 4 is 23.3 Å². The number of hydrogen-bond donors (Lipinski definition) is 2. The molecule has 0 unspecified atom stereocenters. The molecule has 2 N–H and O–H groups in total. The van der Waals surface area contributed by atoms with E-state index in [0.717, 1.165) is 32.5 Å². The van der Waals surface area contributed by atoms with E-state index in [0.29, 0.717) is 10.7 Å². The van der Waals surface area contributed by atoms with Crippen LogP contribution in [-0.4, -0.2) is 42.7 Å². The molecule has 110 valence electrons. The van der Waals surface area contributed by atoms with Gasteiger partial charge < -0.3 is 15.3 Å². The average Bonchev–Trinajstić information content (AvgIpc) is 2.40. The Hall–Kier alpha value is -1.26. The highest BCUT2D eigenvalue weighted by Crippen LogP contribution is 2.31. The molecule has 2 rings (SSSR count). The van der Waals surface area contributed by atoms with Gasteiger partial charge in [-0.3, -0.25) is 0 Å². The van der Waals surface area contributed by atoms with Crippen LogP contribution < -0.4 is 5.32 Å². The summed E-state index contributed by atoms with van der Waals surface area (Å²) in [5, 5.41) is 13.0. The summed E-state index contributed by atoms with van der Waals surface area (Å²) in [6.45, 7) is 5.18. The van der Waals surface area contributed by atoms with Crippen LogP contribution in [0.5, 0.6) is 0 Å². The fourth-order valence-corrected chi connectivity index (χ4v) is 2.67. The smallest absolute Gasteiger partial charge is 0.337 e. The van der Waals surface area contributed by atoms with E-state index in [1.165, 1.54) is 0 Å². The van der Waals surface area contributed by atoms with Crippen LogP contribution in [0.3, 0.4) is 0 Å². The molecule has 0 amide bonds. The number of rotatable bonds is 4. The second kappa shape index (κ2) is 6.02. The number of nitrogens with one attached hydrogen (secondary N) is 1. The first-order valence-electron chi connectivity index (χ1n) is 6.85. The van der Waals surface area contributed by atoms with Gasteiger partial charge in [-0.1, -0.05) is 18.5 Å². The molecule has 0 aliphatic carbocycles. The summed E-state index contributed by atoms with van der Waals surface area (Å²) in [7, 11) is 2.13. The van der Waals surface area contributed by atoms with Gasteiger partial charge in [-0.25, -0.2) is 4.79 Å². The Kier molecular flexibility index (Phi) is 4.55. The lowest BCUT2D eigenvalue weighted by atomic mass is 9.80. The molecule has 20 heavy (non-hydrogen) atoms. The Morgan fingerprint density at radius 1 is 1.45 bits per heavy atom. The van der Waals surface area contributed by atoms with Crippen LogP contribution in [0.15, 0.2) is 18.2 Å². The molecule has 0 spiro atoms. The summed E-state index contributed by atoms with van der Waals surface area (Å²) in [5.41, 5.74) is 1.07. The van der Waals surface area contributed by atoms with Crippen LogP contribution in [0.1, 0.15) is 30.1 Å². The van der Waals surface area contributed by atoms with Crippen molar-refractivity contribution in [3.8, 4) is 0 Å². The van der Waals surface area contributed by atoms with Crippen molar-refractivity contribution in [3.05, 3.63) is 28.8 Å². The number of likely N-dealkylation sites (tertiary alicyclic amines) is 1. The number of halogens is 1. The van der Waals surface area contributed by atoms with Gasteiger partial charge in [0.2, 0.25) is 0 Å². The molecule has 1 aromatic carbocycles. The molecule has 5 heteroatoms. The Bertz CT molecular complexity index is 497. The van der Waals surface area contributed by atoms with Crippen LogP contribution in [0.25, 0.3) is 0 Å². The van der Waals surface area contributed by atoms with Crippen LogP contribution >= 0.6 is 11.6 Å². The molecule has 1 heterocycles. The number of carbonyl (C=O) groups is 1. The van der Waals surface area contributed by atoms with E-state index >= 15 is 0 Å². The number of nitrogens with zero attached hydrogens (tertiary/aromatic N) is 1. The number of carboxylic acid groups (broad SMARTS) is 1. The maximum absolute atomic E-state index is 11.2. The Balaban J connectivity index is 2.07. The first-order chi connectivity index (χ1) is 9.39. The summed E-state index contributed by atoms with van der Waals surface area (Å²) in [4.78, 5) is 13.5. The molecule has 1 aliphatic rings. The summed E-state index contributed by atoms with van der Waals surface area (Å²) in [5.74, 6) is -0.933. The van der Waals surface area contributed by atoms with Gasteiger partial charge in [-0.05, 0) is 56.6 Å². The molecule has 1 aliphatic heterocycles. The minimum Gasteiger partial charge on any atom is -0.478 e. The zero-order valence-corrected chi connectivity index (χ0v) is 12.7. The summed E-state index contributed by atoms with van der Waals surface area (Å²) in [6, 6.07) is 4.83. The fourth-order valence-electron chi connectivity index (χ4n) is 2.49. The van der Waals surface area contributed by atoms with Gasteiger partial charge in [0.25, 0.3) is 0 Å². The minimum absolute atomic E-state index is 0.199. The highest BCUT2D eigenvalue weighted by Gasteiger charge is 2.28. The van der Waals surface area contributed by atoms with E-state index in [4.69, 9.17) is 11.6 Å². The maximum Gasteiger partial charge on any atom is 0.337 e. The molecule has 0 atom stereocenters. The largest absolute Gasteiger partial charge is 0.478 e. The SMILES string of the molecule is CN1CCC(C)(CNc2cc(Cl)ccc2C(=O)O)CC1. The normalized spacial score (nSPS) is 18.8. The summed E-state index contributed by atoms with van der Waals surface area (Å²) < 4.78 is 0. The van der Waals surface area contributed by atoms with E-state index in [1.54, 1.807) is 18.2 Å². The monoisotopic (exact) mass is 296 g/mol. The predicted octanol–water partition coefficient (Wildman–Crippen LogP) is 3.18. The number of aromatic carboxylic acids is 1. The number of carboxylic acids is 1. The first-order valence-corrected chi connectivity index (χ1v) is 7.23. The quantitative estimate of drug-likeness (QED) is 0.896. The van der Waals surface area contributed by atoms with E-state index < -0.39 is 5.97 Å². The molecule has 1 fully saturated rings. The van der Waals surface area contributed by atoms with Gasteiger partial charge in [0.15, 0.2) is 0 Å². The minimum atomic E-state index is -0.933. The standard InChI is InChI=1S/C15H21ClN2O2/c1-15(5-7-18(2)8-6-15)10-17-13-9-11(16)3-4-12(13)14(19)20/h3-4,9,17H,5-8,10H2,1-2H3,(H,19,20). The zero-order valence-electron chi connectivity index (χ0n) is 11.9. The van der Waals surface area contributed by atoms with Crippen LogP contribution in [0.4, 0.5) is 5.69 Å². The maximum atomic E-state index is 11.2. The summed E-state index contributed by atoms with van der Waals surface area (Å²) >= 11 is 5.96. The topological polar surface area (TPSA) is 52.6 Å². The Morgan fingerprint density at radius 2 is 2.10 bits per heavy atom. The number of hydrogen-bond acceptors (Lipinski definition) is 3. The van der Waals surface area contributed by atoms with Crippen molar-refractivity contribution in [2.75, 3.05) is 32.0 Å². The second-order valence-electron chi connectivity index (χ2n) is 5.96. The lowest BCUT2D eigenvalue weighted by molar-refractivity contribution is 0.0697. The van der Waals surface area contributed by atoms with E-state index in [2.05, 4.69) is 24.2 Å². The Morgan fingerprint density at radius 3 is 2.70 bits per heavy atom. The predicted molar refractivity (Wildman–Crippen MR) is 81.7 cm³/mol. The highest BCUT2D eigenvalue weighted by molar-refractivity contribution is 6.31. The van der Waals surface area contributed by atoms with Crippen molar-refractivity contribution in [3.63, 3.8) is 0 Å². The van der Waals surface area contributed by atoms with Crippen molar-refractivity contribution in [1.29, 1.82) is 0 Å². The molecular formula is C15H21ClN2O2. The lowest BCUT2D eigenvalue weighted by Crippen LogP contribution is -2.40. The van der Waals surface area contributed by atoms with Gasteiger partial charge in [0.05, 0.1) is 11.3 Å². The molecule has 0 saturated carbocycles. The third kappa shape index (κ3) is 3.64.